The Balaban J connectivity index is 1.65. The highest BCUT2D eigenvalue weighted by Gasteiger charge is 2.12. The molecule has 3 N–H and O–H groups in total. The first-order valence-electron chi connectivity index (χ1n) is 8.67. The van der Waals surface area contributed by atoms with E-state index in [0.717, 1.165) is 16.8 Å². The number of halogens is 1. The fraction of sp³-hybridized carbons (Fsp3) is 0.0952. The number of anilines is 3. The lowest BCUT2D eigenvalue weighted by atomic mass is 10.1. The Morgan fingerprint density at radius 3 is 2.64 bits per heavy atom. The third-order valence-corrected chi connectivity index (χ3v) is 4.29. The lowest BCUT2D eigenvalue weighted by Crippen LogP contribution is -2.00. The molecule has 4 aromatic rings. The number of fused-ring (bicyclic) bond motifs is 1. The van der Waals surface area contributed by atoms with Gasteiger partial charge in [0, 0.05) is 22.8 Å². The van der Waals surface area contributed by atoms with Crippen molar-refractivity contribution in [1.82, 2.24) is 15.0 Å². The number of pyridine rings is 1. The Morgan fingerprint density at radius 2 is 1.86 bits per heavy atom. The first-order chi connectivity index (χ1) is 13.5. The lowest BCUT2D eigenvalue weighted by Gasteiger charge is -2.13. The Kier molecular flexibility index (Phi) is 4.49. The van der Waals surface area contributed by atoms with Gasteiger partial charge in [0.2, 0.25) is 0 Å². The molecular formula is C21H18FN5O. The fourth-order valence-corrected chi connectivity index (χ4v) is 2.81. The lowest BCUT2D eigenvalue weighted by molar-refractivity contribution is 0.471. The predicted octanol–water partition coefficient (Wildman–Crippen LogP) is 4.90. The van der Waals surface area contributed by atoms with Crippen LogP contribution in [0.4, 0.5) is 21.6 Å². The van der Waals surface area contributed by atoms with Crippen LogP contribution >= 0.6 is 0 Å². The largest absolute Gasteiger partial charge is 0.455 e. The van der Waals surface area contributed by atoms with Gasteiger partial charge >= 0.3 is 0 Å². The molecule has 0 spiro atoms. The van der Waals surface area contributed by atoms with Crippen LogP contribution in [0.2, 0.25) is 0 Å². The quantitative estimate of drug-likeness (QED) is 0.494. The van der Waals surface area contributed by atoms with Crippen LogP contribution in [0.25, 0.3) is 10.9 Å². The maximum Gasteiger partial charge on any atom is 0.150 e. The summed E-state index contributed by atoms with van der Waals surface area (Å²) in [5.41, 5.74) is 9.10. The Hall–Kier alpha value is -3.74. The summed E-state index contributed by atoms with van der Waals surface area (Å²) >= 11 is 0. The van der Waals surface area contributed by atoms with Crippen LogP contribution in [0, 0.1) is 19.7 Å². The number of nitrogens with zero attached hydrogens (tertiary/aromatic N) is 3. The standard InChI is InChI=1S/C21H18FN5O/c1-12-7-19(17(22)9-20(12)28-15-5-3-13(2)24-10-15)27-21-16-8-14(23)4-6-18(16)25-11-26-21/h3-11H,23H2,1-2H3,(H,25,26,27). The number of nitrogen functional groups attached to an aromatic ring is 1. The molecule has 28 heavy (non-hydrogen) atoms. The second-order valence-electron chi connectivity index (χ2n) is 6.46. The second-order valence-corrected chi connectivity index (χ2v) is 6.46. The second kappa shape index (κ2) is 7.11. The van der Waals surface area contributed by atoms with Crippen molar-refractivity contribution in [2.45, 2.75) is 13.8 Å². The monoisotopic (exact) mass is 375 g/mol. The fourth-order valence-electron chi connectivity index (χ4n) is 2.81. The maximum absolute atomic E-state index is 14.7. The summed E-state index contributed by atoms with van der Waals surface area (Å²) in [6, 6.07) is 12.0. The first kappa shape index (κ1) is 17.7. The molecule has 0 amide bonds. The minimum atomic E-state index is -0.462. The molecule has 0 aliphatic heterocycles. The van der Waals surface area contributed by atoms with Crippen LogP contribution in [0.15, 0.2) is 55.0 Å². The van der Waals surface area contributed by atoms with Gasteiger partial charge in [0.25, 0.3) is 0 Å². The maximum atomic E-state index is 14.7. The summed E-state index contributed by atoms with van der Waals surface area (Å²) in [6.45, 7) is 3.73. The van der Waals surface area contributed by atoms with E-state index in [1.807, 2.05) is 19.9 Å². The van der Waals surface area contributed by atoms with Crippen molar-refractivity contribution < 1.29 is 9.13 Å². The van der Waals surface area contributed by atoms with Crippen molar-refractivity contribution in [1.29, 1.82) is 0 Å². The molecule has 0 fully saturated rings. The van der Waals surface area contributed by atoms with E-state index in [2.05, 4.69) is 20.3 Å². The van der Waals surface area contributed by atoms with Gasteiger partial charge in [-0.3, -0.25) is 4.98 Å². The molecule has 2 heterocycles. The third kappa shape index (κ3) is 3.55. The van der Waals surface area contributed by atoms with Crippen LogP contribution in [-0.4, -0.2) is 15.0 Å². The van der Waals surface area contributed by atoms with Gasteiger partial charge in [0.05, 0.1) is 17.4 Å². The molecule has 4 rings (SSSR count). The van der Waals surface area contributed by atoms with Crippen molar-refractivity contribution in [3.8, 4) is 11.5 Å². The highest BCUT2D eigenvalue weighted by Crippen LogP contribution is 2.32. The van der Waals surface area contributed by atoms with Crippen LogP contribution < -0.4 is 15.8 Å². The number of nitrogens with one attached hydrogen (secondary N) is 1. The molecule has 7 heteroatoms. The van der Waals surface area contributed by atoms with Crippen LogP contribution in [-0.2, 0) is 0 Å². The minimum Gasteiger partial charge on any atom is -0.455 e. The summed E-state index contributed by atoms with van der Waals surface area (Å²) in [7, 11) is 0. The molecule has 2 aromatic carbocycles. The molecule has 0 bridgehead atoms. The number of aromatic nitrogens is 3. The molecule has 0 atom stereocenters. The van der Waals surface area contributed by atoms with Crippen molar-refractivity contribution in [3.63, 3.8) is 0 Å². The predicted molar refractivity (Wildman–Crippen MR) is 107 cm³/mol. The van der Waals surface area contributed by atoms with Gasteiger partial charge in [-0.25, -0.2) is 14.4 Å². The van der Waals surface area contributed by atoms with E-state index in [0.29, 0.717) is 28.4 Å². The number of hydrogen-bond acceptors (Lipinski definition) is 6. The number of hydrogen-bond donors (Lipinski definition) is 2. The number of benzene rings is 2. The van der Waals surface area contributed by atoms with E-state index < -0.39 is 5.82 Å². The average Bonchev–Trinajstić information content (AvgIpc) is 2.68. The molecule has 0 unspecified atom stereocenters. The zero-order valence-corrected chi connectivity index (χ0v) is 15.4. The Morgan fingerprint density at radius 1 is 1.00 bits per heavy atom. The van der Waals surface area contributed by atoms with Crippen molar-refractivity contribution in [3.05, 3.63) is 72.1 Å². The van der Waals surface area contributed by atoms with E-state index >= 15 is 0 Å². The van der Waals surface area contributed by atoms with Gasteiger partial charge in [-0.2, -0.15) is 0 Å². The van der Waals surface area contributed by atoms with E-state index in [1.54, 1.807) is 36.5 Å². The Labute approximate surface area is 161 Å². The van der Waals surface area contributed by atoms with Gasteiger partial charge in [-0.1, -0.05) is 0 Å². The summed E-state index contributed by atoms with van der Waals surface area (Å²) in [4.78, 5) is 12.6. The molecular weight excluding hydrogens is 357 g/mol. The topological polar surface area (TPSA) is 86.0 Å². The summed E-state index contributed by atoms with van der Waals surface area (Å²) in [6.07, 6.45) is 3.03. The molecule has 6 nitrogen and oxygen atoms in total. The number of nitrogens with two attached hydrogens (primary N) is 1. The zero-order valence-electron chi connectivity index (χ0n) is 15.4. The number of aryl methyl sites for hydroxylation is 2. The highest BCUT2D eigenvalue weighted by atomic mass is 19.1. The highest BCUT2D eigenvalue weighted by molar-refractivity contribution is 5.92. The van der Waals surface area contributed by atoms with Crippen molar-refractivity contribution in [2.24, 2.45) is 0 Å². The van der Waals surface area contributed by atoms with Gasteiger partial charge in [-0.05, 0) is 55.8 Å². The van der Waals surface area contributed by atoms with Gasteiger partial charge in [0.15, 0.2) is 0 Å². The van der Waals surface area contributed by atoms with Gasteiger partial charge in [0.1, 0.15) is 29.5 Å². The first-order valence-corrected chi connectivity index (χ1v) is 8.67. The van der Waals surface area contributed by atoms with Crippen LogP contribution in [0.5, 0.6) is 11.5 Å². The van der Waals surface area contributed by atoms with Gasteiger partial charge in [-0.15, -0.1) is 0 Å². The molecule has 2 aromatic heterocycles. The minimum absolute atomic E-state index is 0.286. The summed E-state index contributed by atoms with van der Waals surface area (Å²) in [5, 5.41) is 3.75. The van der Waals surface area contributed by atoms with Crippen molar-refractivity contribution in [2.75, 3.05) is 11.1 Å². The normalized spacial score (nSPS) is 10.8. The van der Waals surface area contributed by atoms with E-state index in [4.69, 9.17) is 10.5 Å². The van der Waals surface area contributed by atoms with E-state index in [1.165, 1.54) is 12.4 Å². The van der Waals surface area contributed by atoms with Gasteiger partial charge < -0.3 is 15.8 Å². The van der Waals surface area contributed by atoms with E-state index in [9.17, 15) is 4.39 Å². The average molecular weight is 375 g/mol. The summed E-state index contributed by atoms with van der Waals surface area (Å²) < 4.78 is 20.5. The van der Waals surface area contributed by atoms with Crippen LogP contribution in [0.1, 0.15) is 11.3 Å². The molecule has 140 valence electrons. The Bertz CT molecular complexity index is 1160. The third-order valence-electron chi connectivity index (χ3n) is 4.29. The van der Waals surface area contributed by atoms with Crippen LogP contribution in [0.3, 0.4) is 0 Å². The molecule has 0 saturated carbocycles. The summed E-state index contributed by atoms with van der Waals surface area (Å²) in [5.74, 6) is 0.986. The molecule has 0 aliphatic rings. The van der Waals surface area contributed by atoms with E-state index in [-0.39, 0.29) is 5.69 Å². The number of rotatable bonds is 4. The molecule has 0 saturated heterocycles. The number of ether oxygens (including phenoxy) is 1. The molecule has 0 radical (unpaired) electrons. The van der Waals surface area contributed by atoms with Crippen molar-refractivity contribution >= 4 is 28.1 Å². The smallest absolute Gasteiger partial charge is 0.150 e. The zero-order chi connectivity index (χ0) is 19.7. The molecule has 0 aliphatic carbocycles. The SMILES string of the molecule is Cc1ccc(Oc2cc(F)c(Nc3ncnc4ccc(N)cc34)cc2C)cn1.